The first-order chi connectivity index (χ1) is 12.7. The van der Waals surface area contributed by atoms with Crippen LogP contribution < -0.4 is 4.90 Å². The number of fused-ring (bicyclic) bond motifs is 2. The molecule has 0 heterocycles. The number of hydrogen-bond acceptors (Lipinski definition) is 1. The highest BCUT2D eigenvalue weighted by molar-refractivity contribution is 5.97. The maximum atomic E-state index is 2.57. The van der Waals surface area contributed by atoms with E-state index < -0.39 is 0 Å². The molecule has 2 atom stereocenters. The fourth-order valence-electron chi connectivity index (χ4n) is 4.37. The first kappa shape index (κ1) is 15.5. The first-order valence-electron chi connectivity index (χ1n) is 9.40. The molecule has 2 aliphatic carbocycles. The van der Waals surface area contributed by atoms with Crippen LogP contribution >= 0.6 is 0 Å². The molecule has 1 heteroatoms. The molecule has 1 fully saturated rings. The van der Waals surface area contributed by atoms with Gasteiger partial charge in [-0.3, -0.25) is 0 Å². The Morgan fingerprint density at radius 2 is 1.65 bits per heavy atom. The van der Waals surface area contributed by atoms with Crippen LogP contribution in [0.2, 0.25) is 0 Å². The van der Waals surface area contributed by atoms with Gasteiger partial charge in [-0.25, -0.2) is 0 Å². The molecule has 26 heavy (non-hydrogen) atoms. The zero-order valence-corrected chi connectivity index (χ0v) is 15.3. The smallest absolute Gasteiger partial charge is 0.0707 e. The Balaban J connectivity index is 1.73. The van der Waals surface area contributed by atoms with Crippen molar-refractivity contribution < 1.29 is 0 Å². The lowest BCUT2D eigenvalue weighted by Crippen LogP contribution is -2.34. The summed E-state index contributed by atoms with van der Waals surface area (Å²) in [7, 11) is 0. The van der Waals surface area contributed by atoms with Gasteiger partial charge in [0.1, 0.15) is 0 Å². The largest absolute Gasteiger partial charge is 0.331 e. The van der Waals surface area contributed by atoms with Gasteiger partial charge in [0.2, 0.25) is 0 Å². The van der Waals surface area contributed by atoms with Crippen LogP contribution in [0.3, 0.4) is 0 Å². The van der Waals surface area contributed by atoms with Crippen molar-refractivity contribution in [3.8, 4) is 0 Å². The van der Waals surface area contributed by atoms with Gasteiger partial charge in [-0.1, -0.05) is 77.9 Å². The number of aryl methyl sites for hydroxylation is 1. The van der Waals surface area contributed by atoms with E-state index in [1.54, 1.807) is 0 Å². The van der Waals surface area contributed by atoms with E-state index in [1.807, 2.05) is 0 Å². The monoisotopic (exact) mass is 337 g/mol. The molecule has 0 saturated heterocycles. The maximum Gasteiger partial charge on any atom is 0.0707 e. The van der Waals surface area contributed by atoms with Crippen molar-refractivity contribution in [3.63, 3.8) is 0 Å². The van der Waals surface area contributed by atoms with Crippen LogP contribution in [0.5, 0.6) is 0 Å². The van der Waals surface area contributed by atoms with Crippen LogP contribution in [0.25, 0.3) is 10.8 Å². The zero-order valence-electron chi connectivity index (χ0n) is 15.3. The number of hydrogen-bond donors (Lipinski definition) is 0. The third kappa shape index (κ3) is 2.31. The van der Waals surface area contributed by atoms with E-state index in [9.17, 15) is 0 Å². The van der Waals surface area contributed by atoms with Crippen LogP contribution in [0.1, 0.15) is 18.9 Å². The molecule has 0 spiro atoms. The fraction of sp³-hybridized carbons (Fsp3) is 0.200. The predicted molar refractivity (Wildman–Crippen MR) is 111 cm³/mol. The van der Waals surface area contributed by atoms with E-state index in [1.165, 1.54) is 39.7 Å². The van der Waals surface area contributed by atoms with Crippen LogP contribution in [0.4, 0.5) is 11.4 Å². The Morgan fingerprint density at radius 3 is 2.46 bits per heavy atom. The van der Waals surface area contributed by atoms with E-state index in [0.29, 0.717) is 5.92 Å². The predicted octanol–water partition coefficient (Wildman–Crippen LogP) is 6.56. The van der Waals surface area contributed by atoms with Crippen molar-refractivity contribution >= 4 is 22.1 Å². The number of rotatable bonds is 3. The van der Waals surface area contributed by atoms with Crippen molar-refractivity contribution in [2.75, 3.05) is 4.90 Å². The molecule has 0 amide bonds. The Labute approximate surface area is 155 Å². The Kier molecular flexibility index (Phi) is 3.33. The quantitative estimate of drug-likeness (QED) is 0.523. The van der Waals surface area contributed by atoms with Crippen molar-refractivity contribution in [2.24, 2.45) is 5.92 Å². The van der Waals surface area contributed by atoms with E-state index in [4.69, 9.17) is 0 Å². The third-order valence-corrected chi connectivity index (χ3v) is 5.84. The van der Waals surface area contributed by atoms with Gasteiger partial charge in [0.25, 0.3) is 0 Å². The second-order valence-electron chi connectivity index (χ2n) is 7.72. The van der Waals surface area contributed by atoms with Gasteiger partial charge in [0.05, 0.1) is 5.54 Å². The normalized spacial score (nSPS) is 23.5. The molecule has 1 nitrogen and oxygen atoms in total. The Bertz CT molecular complexity index is 1040. The number of benzene rings is 3. The summed E-state index contributed by atoms with van der Waals surface area (Å²) in [5.41, 5.74) is 5.31. The molecule has 2 aliphatic rings. The summed E-state index contributed by atoms with van der Waals surface area (Å²) < 4.78 is 0. The molecule has 2 unspecified atom stereocenters. The standard InChI is InChI=1S/C25H23N/c1-18-10-12-22(13-11-18)26(25-15-14-19(2)16-21(25)17-25)24-9-5-7-20-6-3-4-8-23(20)24/h3-16,21H,17H2,1-2H3. The molecule has 1 saturated carbocycles. The van der Waals surface area contributed by atoms with Crippen LogP contribution in [0.15, 0.2) is 90.5 Å². The summed E-state index contributed by atoms with van der Waals surface area (Å²) in [5.74, 6) is 0.591. The first-order valence-corrected chi connectivity index (χ1v) is 9.40. The van der Waals surface area contributed by atoms with Gasteiger partial charge in [-0.05, 0) is 43.9 Å². The van der Waals surface area contributed by atoms with E-state index >= 15 is 0 Å². The minimum atomic E-state index is 0.0683. The van der Waals surface area contributed by atoms with Crippen molar-refractivity contribution in [2.45, 2.75) is 25.8 Å². The zero-order chi connectivity index (χ0) is 17.7. The average Bonchev–Trinajstić information content (AvgIpc) is 3.38. The Morgan fingerprint density at radius 1 is 0.885 bits per heavy atom. The summed E-state index contributed by atoms with van der Waals surface area (Å²) >= 11 is 0. The molecule has 0 aromatic heterocycles. The number of anilines is 2. The van der Waals surface area contributed by atoms with Gasteiger partial charge in [-0.2, -0.15) is 0 Å². The van der Waals surface area contributed by atoms with E-state index in [2.05, 4.69) is 104 Å². The lowest BCUT2D eigenvalue weighted by atomic mass is 9.98. The van der Waals surface area contributed by atoms with Gasteiger partial charge >= 0.3 is 0 Å². The SMILES string of the molecule is CC1=CC2CC2(N(c2ccc(C)cc2)c2cccc3ccccc23)C=C1. The highest BCUT2D eigenvalue weighted by Crippen LogP contribution is 2.57. The van der Waals surface area contributed by atoms with E-state index in [-0.39, 0.29) is 5.54 Å². The van der Waals surface area contributed by atoms with Crippen molar-refractivity contribution in [1.82, 2.24) is 0 Å². The molecule has 0 N–H and O–H groups in total. The van der Waals surface area contributed by atoms with Crippen LogP contribution in [-0.4, -0.2) is 5.54 Å². The van der Waals surface area contributed by atoms with Gasteiger partial charge < -0.3 is 4.90 Å². The molecular weight excluding hydrogens is 314 g/mol. The highest BCUT2D eigenvalue weighted by Gasteiger charge is 2.57. The van der Waals surface area contributed by atoms with Gasteiger partial charge in [0.15, 0.2) is 0 Å². The lowest BCUT2D eigenvalue weighted by Gasteiger charge is -2.35. The minimum Gasteiger partial charge on any atom is -0.331 e. The highest BCUT2D eigenvalue weighted by atomic mass is 15.2. The van der Waals surface area contributed by atoms with Crippen molar-refractivity contribution in [1.29, 1.82) is 0 Å². The Hall–Kier alpha value is -2.80. The number of nitrogens with zero attached hydrogens (tertiary/aromatic N) is 1. The third-order valence-electron chi connectivity index (χ3n) is 5.84. The molecule has 0 aliphatic heterocycles. The van der Waals surface area contributed by atoms with Gasteiger partial charge in [-0.15, -0.1) is 0 Å². The second kappa shape index (κ2) is 5.60. The molecule has 5 rings (SSSR count). The summed E-state index contributed by atoms with van der Waals surface area (Å²) in [4.78, 5) is 2.57. The molecular formula is C25H23N. The maximum absolute atomic E-state index is 2.57. The molecule has 0 radical (unpaired) electrons. The van der Waals surface area contributed by atoms with E-state index in [0.717, 1.165) is 0 Å². The molecule has 3 aromatic rings. The summed E-state index contributed by atoms with van der Waals surface area (Å²) in [6, 6.07) is 24.3. The summed E-state index contributed by atoms with van der Waals surface area (Å²) in [5, 5.41) is 2.61. The molecule has 3 aromatic carbocycles. The van der Waals surface area contributed by atoms with Gasteiger partial charge in [0, 0.05) is 22.7 Å². The molecule has 0 bridgehead atoms. The number of allylic oxidation sites excluding steroid dienone is 2. The average molecular weight is 337 g/mol. The lowest BCUT2D eigenvalue weighted by molar-refractivity contribution is 0.749. The fourth-order valence-corrected chi connectivity index (χ4v) is 4.37. The second-order valence-corrected chi connectivity index (χ2v) is 7.72. The summed E-state index contributed by atoms with van der Waals surface area (Å²) in [6.45, 7) is 4.35. The van der Waals surface area contributed by atoms with Crippen molar-refractivity contribution in [3.05, 3.63) is 96.1 Å². The van der Waals surface area contributed by atoms with Crippen LogP contribution in [-0.2, 0) is 0 Å². The summed E-state index contributed by atoms with van der Waals surface area (Å²) in [6.07, 6.45) is 8.33. The van der Waals surface area contributed by atoms with Crippen LogP contribution in [0, 0.1) is 12.8 Å². The minimum absolute atomic E-state index is 0.0683. The molecule has 128 valence electrons. The topological polar surface area (TPSA) is 3.24 Å².